The molecule has 0 radical (unpaired) electrons. The van der Waals surface area contributed by atoms with Crippen LogP contribution in [0.5, 0.6) is 0 Å². The predicted molar refractivity (Wildman–Crippen MR) is 84.1 cm³/mol. The van der Waals surface area contributed by atoms with Crippen molar-refractivity contribution in [2.45, 2.75) is 44.6 Å². The van der Waals surface area contributed by atoms with Crippen LogP contribution in [0.1, 0.15) is 38.5 Å². The van der Waals surface area contributed by atoms with Crippen LogP contribution in [0.25, 0.3) is 0 Å². The number of rotatable bonds is 7. The third kappa shape index (κ3) is 6.46. The van der Waals surface area contributed by atoms with Crippen molar-refractivity contribution in [1.29, 1.82) is 0 Å². The molecule has 0 aromatic carbocycles. The quantitative estimate of drug-likeness (QED) is 0.704. The zero-order chi connectivity index (χ0) is 14.0. The highest BCUT2D eigenvalue weighted by atomic mass is 32.2. The van der Waals surface area contributed by atoms with Crippen molar-refractivity contribution in [1.82, 2.24) is 10.6 Å². The van der Waals surface area contributed by atoms with Gasteiger partial charge in [0.2, 0.25) is 5.91 Å². The van der Waals surface area contributed by atoms with E-state index in [1.165, 1.54) is 24.3 Å². The van der Waals surface area contributed by atoms with Crippen LogP contribution in [0, 0.1) is 5.92 Å². The van der Waals surface area contributed by atoms with Crippen molar-refractivity contribution in [3.05, 3.63) is 0 Å². The second kappa shape index (κ2) is 9.64. The van der Waals surface area contributed by atoms with E-state index in [9.17, 15) is 4.79 Å². The Hall–Kier alpha value is -0.260. The van der Waals surface area contributed by atoms with Crippen molar-refractivity contribution < 1.29 is 9.53 Å². The minimum atomic E-state index is 0.226. The van der Waals surface area contributed by atoms with Crippen LogP contribution in [0.4, 0.5) is 0 Å². The molecule has 2 fully saturated rings. The van der Waals surface area contributed by atoms with Gasteiger partial charge in [0.25, 0.3) is 0 Å². The standard InChI is InChI=1S/C15H28N2O2S/c18-15(12-13-4-10-20-11-5-13)17-6-1-9-19-14-2-7-16-8-3-14/h13-14,16H,1-12H2,(H,17,18). The number of piperidine rings is 1. The largest absolute Gasteiger partial charge is 0.378 e. The molecule has 1 amide bonds. The Morgan fingerprint density at radius 2 is 1.95 bits per heavy atom. The second-order valence-electron chi connectivity index (χ2n) is 5.78. The first-order chi connectivity index (χ1) is 9.84. The van der Waals surface area contributed by atoms with Gasteiger partial charge >= 0.3 is 0 Å². The van der Waals surface area contributed by atoms with Gasteiger partial charge in [-0.25, -0.2) is 0 Å². The summed E-state index contributed by atoms with van der Waals surface area (Å²) in [6.07, 6.45) is 6.71. The summed E-state index contributed by atoms with van der Waals surface area (Å²) >= 11 is 2.01. The first kappa shape index (κ1) is 16.1. The third-order valence-electron chi connectivity index (χ3n) is 4.10. The number of carbonyl (C=O) groups is 1. The Bertz CT molecular complexity index is 277. The van der Waals surface area contributed by atoms with E-state index < -0.39 is 0 Å². The van der Waals surface area contributed by atoms with Gasteiger partial charge in [0.05, 0.1) is 6.10 Å². The Labute approximate surface area is 126 Å². The van der Waals surface area contributed by atoms with E-state index in [0.717, 1.165) is 51.9 Å². The molecular weight excluding hydrogens is 272 g/mol. The molecule has 0 aromatic heterocycles. The average molecular weight is 300 g/mol. The second-order valence-corrected chi connectivity index (χ2v) is 7.01. The first-order valence-electron chi connectivity index (χ1n) is 8.01. The maximum Gasteiger partial charge on any atom is 0.220 e. The minimum absolute atomic E-state index is 0.226. The molecule has 0 aromatic rings. The van der Waals surface area contributed by atoms with E-state index >= 15 is 0 Å². The molecule has 5 heteroatoms. The number of thioether (sulfide) groups is 1. The molecule has 2 rings (SSSR count). The van der Waals surface area contributed by atoms with Crippen molar-refractivity contribution in [3.63, 3.8) is 0 Å². The lowest BCUT2D eigenvalue weighted by atomic mass is 9.98. The van der Waals surface area contributed by atoms with Crippen LogP contribution in [0.3, 0.4) is 0 Å². The molecule has 0 aliphatic carbocycles. The fourth-order valence-electron chi connectivity index (χ4n) is 2.80. The van der Waals surface area contributed by atoms with Gasteiger partial charge in [0.15, 0.2) is 0 Å². The van der Waals surface area contributed by atoms with E-state index in [1.807, 2.05) is 11.8 Å². The van der Waals surface area contributed by atoms with Crippen molar-refractivity contribution in [2.75, 3.05) is 37.7 Å². The summed E-state index contributed by atoms with van der Waals surface area (Å²) in [5, 5.41) is 6.36. The van der Waals surface area contributed by atoms with Gasteiger partial charge in [-0.15, -0.1) is 0 Å². The maximum absolute atomic E-state index is 11.8. The van der Waals surface area contributed by atoms with Crippen LogP contribution in [0.15, 0.2) is 0 Å². The highest BCUT2D eigenvalue weighted by molar-refractivity contribution is 7.99. The van der Waals surface area contributed by atoms with E-state index in [4.69, 9.17) is 4.74 Å². The summed E-state index contributed by atoms with van der Waals surface area (Å²) in [5.41, 5.74) is 0. The Morgan fingerprint density at radius 3 is 2.70 bits per heavy atom. The number of ether oxygens (including phenoxy) is 1. The molecular formula is C15H28N2O2S. The van der Waals surface area contributed by atoms with Crippen LogP contribution in [-0.2, 0) is 9.53 Å². The fourth-order valence-corrected chi connectivity index (χ4v) is 4.00. The van der Waals surface area contributed by atoms with Crippen LogP contribution in [-0.4, -0.2) is 49.8 Å². The van der Waals surface area contributed by atoms with Gasteiger partial charge in [0.1, 0.15) is 0 Å². The monoisotopic (exact) mass is 300 g/mol. The molecule has 0 atom stereocenters. The molecule has 0 saturated carbocycles. The molecule has 0 unspecified atom stereocenters. The molecule has 0 spiro atoms. The van der Waals surface area contributed by atoms with Gasteiger partial charge in [0, 0.05) is 19.6 Å². The highest BCUT2D eigenvalue weighted by Gasteiger charge is 2.17. The van der Waals surface area contributed by atoms with E-state index in [0.29, 0.717) is 12.0 Å². The molecule has 0 bridgehead atoms. The third-order valence-corrected chi connectivity index (χ3v) is 5.15. The van der Waals surface area contributed by atoms with Crippen molar-refractivity contribution in [2.24, 2.45) is 5.92 Å². The summed E-state index contributed by atoms with van der Waals surface area (Å²) in [6.45, 7) is 3.67. The summed E-state index contributed by atoms with van der Waals surface area (Å²) in [4.78, 5) is 11.8. The molecule has 2 saturated heterocycles. The molecule has 20 heavy (non-hydrogen) atoms. The Balaban J connectivity index is 1.44. The topological polar surface area (TPSA) is 50.4 Å². The maximum atomic E-state index is 11.8. The zero-order valence-corrected chi connectivity index (χ0v) is 13.2. The summed E-state index contributed by atoms with van der Waals surface area (Å²) in [5.74, 6) is 3.29. The van der Waals surface area contributed by atoms with Gasteiger partial charge < -0.3 is 15.4 Å². The van der Waals surface area contributed by atoms with E-state index in [-0.39, 0.29) is 5.91 Å². The number of nitrogens with one attached hydrogen (secondary N) is 2. The van der Waals surface area contributed by atoms with Crippen LogP contribution in [0.2, 0.25) is 0 Å². The normalized spacial score (nSPS) is 21.8. The Morgan fingerprint density at radius 1 is 1.20 bits per heavy atom. The minimum Gasteiger partial charge on any atom is -0.378 e. The lowest BCUT2D eigenvalue weighted by molar-refractivity contribution is -0.122. The highest BCUT2D eigenvalue weighted by Crippen LogP contribution is 2.24. The number of amides is 1. The molecule has 2 heterocycles. The van der Waals surface area contributed by atoms with E-state index in [1.54, 1.807) is 0 Å². The van der Waals surface area contributed by atoms with Crippen molar-refractivity contribution >= 4 is 17.7 Å². The lowest BCUT2D eigenvalue weighted by Crippen LogP contribution is -2.33. The predicted octanol–water partition coefficient (Wildman–Crippen LogP) is 1.79. The smallest absolute Gasteiger partial charge is 0.220 e. The summed E-state index contributed by atoms with van der Waals surface area (Å²) < 4.78 is 5.82. The van der Waals surface area contributed by atoms with Crippen molar-refractivity contribution in [3.8, 4) is 0 Å². The average Bonchev–Trinajstić information content (AvgIpc) is 2.49. The molecule has 2 aliphatic rings. The summed E-state index contributed by atoms with van der Waals surface area (Å²) in [6, 6.07) is 0. The van der Waals surface area contributed by atoms with Gasteiger partial charge in [-0.05, 0) is 62.6 Å². The van der Waals surface area contributed by atoms with Gasteiger partial charge in [-0.1, -0.05) is 0 Å². The Kier molecular flexibility index (Phi) is 7.76. The van der Waals surface area contributed by atoms with Crippen LogP contribution < -0.4 is 10.6 Å². The molecule has 2 N–H and O–H groups in total. The molecule has 116 valence electrons. The van der Waals surface area contributed by atoms with Gasteiger partial charge in [-0.2, -0.15) is 11.8 Å². The number of hydrogen-bond acceptors (Lipinski definition) is 4. The van der Waals surface area contributed by atoms with E-state index in [2.05, 4.69) is 10.6 Å². The molecule has 2 aliphatic heterocycles. The van der Waals surface area contributed by atoms with Gasteiger partial charge in [-0.3, -0.25) is 4.79 Å². The fraction of sp³-hybridized carbons (Fsp3) is 0.933. The zero-order valence-electron chi connectivity index (χ0n) is 12.4. The molecule has 4 nitrogen and oxygen atoms in total. The summed E-state index contributed by atoms with van der Waals surface area (Å²) in [7, 11) is 0. The van der Waals surface area contributed by atoms with Crippen LogP contribution >= 0.6 is 11.8 Å². The SMILES string of the molecule is O=C(CC1CCSCC1)NCCCOC1CCNCC1. The number of carbonyl (C=O) groups excluding carboxylic acids is 1. The number of hydrogen-bond donors (Lipinski definition) is 2. The lowest BCUT2D eigenvalue weighted by Gasteiger charge is -2.23. The first-order valence-corrected chi connectivity index (χ1v) is 9.17.